The number of rotatable bonds is 6. The number of benzene rings is 2. The van der Waals surface area contributed by atoms with Crippen LogP contribution in [0.5, 0.6) is 0 Å². The van der Waals surface area contributed by atoms with Crippen LogP contribution in [-0.2, 0) is 6.54 Å². The van der Waals surface area contributed by atoms with Gasteiger partial charge < -0.3 is 5.32 Å². The van der Waals surface area contributed by atoms with Crippen molar-refractivity contribution in [3.8, 4) is 0 Å². The number of likely N-dealkylation sites (tertiary alicyclic amines) is 1. The Kier molecular flexibility index (Phi) is 6.18. The Labute approximate surface area is 154 Å². The third-order valence-electron chi connectivity index (χ3n) is 4.71. The highest BCUT2D eigenvalue weighted by Crippen LogP contribution is 2.28. The van der Waals surface area contributed by atoms with Gasteiger partial charge >= 0.3 is 0 Å². The minimum atomic E-state index is 0.321. The highest BCUT2D eigenvalue weighted by molar-refractivity contribution is 6.42. The zero-order valence-electron chi connectivity index (χ0n) is 14.0. The Hall–Kier alpha value is -1.06. The van der Waals surface area contributed by atoms with E-state index in [2.05, 4.69) is 53.5 Å². The normalized spacial score (nSPS) is 19.5. The van der Waals surface area contributed by atoms with Crippen LogP contribution in [0.3, 0.4) is 0 Å². The first-order valence-corrected chi connectivity index (χ1v) is 9.38. The summed E-state index contributed by atoms with van der Waals surface area (Å²) in [5, 5.41) is 5.05. The lowest BCUT2D eigenvalue weighted by atomic mass is 10.0. The summed E-state index contributed by atoms with van der Waals surface area (Å²) >= 11 is 12.2. The van der Waals surface area contributed by atoms with Crippen molar-refractivity contribution in [3.63, 3.8) is 0 Å². The van der Waals surface area contributed by atoms with Crippen molar-refractivity contribution in [2.45, 2.75) is 38.4 Å². The lowest BCUT2D eigenvalue weighted by Crippen LogP contribution is -2.35. The Morgan fingerprint density at radius 1 is 1.12 bits per heavy atom. The topological polar surface area (TPSA) is 15.3 Å². The molecule has 0 radical (unpaired) electrons. The molecule has 2 nitrogen and oxygen atoms in total. The molecule has 4 heteroatoms. The van der Waals surface area contributed by atoms with Gasteiger partial charge in [0.2, 0.25) is 0 Å². The van der Waals surface area contributed by atoms with Crippen LogP contribution < -0.4 is 5.32 Å². The summed E-state index contributed by atoms with van der Waals surface area (Å²) in [6.45, 7) is 5.47. The second kappa shape index (κ2) is 8.35. The van der Waals surface area contributed by atoms with Crippen molar-refractivity contribution in [1.29, 1.82) is 0 Å². The van der Waals surface area contributed by atoms with Crippen molar-refractivity contribution >= 4 is 23.2 Å². The van der Waals surface area contributed by atoms with Gasteiger partial charge in [-0.1, -0.05) is 66.5 Å². The molecule has 1 heterocycles. The fourth-order valence-corrected chi connectivity index (χ4v) is 3.72. The molecular weight excluding hydrogens is 339 g/mol. The molecule has 1 saturated heterocycles. The summed E-state index contributed by atoms with van der Waals surface area (Å²) < 4.78 is 0. The van der Waals surface area contributed by atoms with Crippen molar-refractivity contribution in [3.05, 3.63) is 69.7 Å². The molecule has 0 saturated carbocycles. The summed E-state index contributed by atoms with van der Waals surface area (Å²) in [7, 11) is 0. The summed E-state index contributed by atoms with van der Waals surface area (Å²) in [5.74, 6) is 0. The van der Waals surface area contributed by atoms with Crippen molar-refractivity contribution in [2.24, 2.45) is 0 Å². The standard InChI is InChI=1S/C20H24Cl2N2/c1-2-20(16-8-9-18(21)19(22)12-16)23-17-10-11-24(14-17)13-15-6-4-3-5-7-15/h3-9,12,17,20,23H,2,10-11,13-14H2,1H3. The zero-order valence-corrected chi connectivity index (χ0v) is 15.5. The molecule has 2 unspecified atom stereocenters. The van der Waals surface area contributed by atoms with E-state index in [0.717, 1.165) is 26.1 Å². The molecule has 1 N–H and O–H groups in total. The first-order chi connectivity index (χ1) is 11.7. The molecule has 1 fully saturated rings. The largest absolute Gasteiger partial charge is 0.306 e. The van der Waals surface area contributed by atoms with Crippen molar-refractivity contribution in [1.82, 2.24) is 10.2 Å². The monoisotopic (exact) mass is 362 g/mol. The average Bonchev–Trinajstić information content (AvgIpc) is 3.03. The highest BCUT2D eigenvalue weighted by atomic mass is 35.5. The molecule has 2 atom stereocenters. The van der Waals surface area contributed by atoms with E-state index in [1.54, 1.807) is 0 Å². The predicted octanol–water partition coefficient (Wildman–Crippen LogP) is 5.31. The molecule has 0 bridgehead atoms. The first kappa shape index (κ1) is 17.8. The predicted molar refractivity (Wildman–Crippen MR) is 103 cm³/mol. The Balaban J connectivity index is 1.58. The number of halogens is 2. The molecular formula is C20H24Cl2N2. The lowest BCUT2D eigenvalue weighted by Gasteiger charge is -2.23. The van der Waals surface area contributed by atoms with Crippen LogP contribution in [0.25, 0.3) is 0 Å². The van der Waals surface area contributed by atoms with E-state index in [1.807, 2.05) is 12.1 Å². The van der Waals surface area contributed by atoms with E-state index in [9.17, 15) is 0 Å². The molecule has 1 aliphatic rings. The van der Waals surface area contributed by atoms with E-state index in [4.69, 9.17) is 23.2 Å². The molecule has 3 rings (SSSR count). The number of hydrogen-bond donors (Lipinski definition) is 1. The van der Waals surface area contributed by atoms with Gasteiger partial charge in [0.05, 0.1) is 10.0 Å². The molecule has 2 aromatic carbocycles. The molecule has 2 aromatic rings. The number of nitrogens with zero attached hydrogens (tertiary/aromatic N) is 1. The van der Waals surface area contributed by atoms with Gasteiger partial charge in [-0.25, -0.2) is 0 Å². The number of nitrogens with one attached hydrogen (secondary N) is 1. The molecule has 0 spiro atoms. The summed E-state index contributed by atoms with van der Waals surface area (Å²) in [5.41, 5.74) is 2.60. The molecule has 24 heavy (non-hydrogen) atoms. The summed E-state index contributed by atoms with van der Waals surface area (Å²) in [6.07, 6.45) is 2.22. The fraction of sp³-hybridized carbons (Fsp3) is 0.400. The molecule has 1 aliphatic heterocycles. The van der Waals surface area contributed by atoms with E-state index >= 15 is 0 Å². The van der Waals surface area contributed by atoms with Crippen molar-refractivity contribution < 1.29 is 0 Å². The van der Waals surface area contributed by atoms with E-state index < -0.39 is 0 Å². The van der Waals surface area contributed by atoms with Crippen LogP contribution in [0.2, 0.25) is 10.0 Å². The van der Waals surface area contributed by atoms with Crippen LogP contribution in [-0.4, -0.2) is 24.0 Å². The van der Waals surface area contributed by atoms with Gasteiger partial charge in [0.1, 0.15) is 0 Å². The van der Waals surface area contributed by atoms with Gasteiger partial charge in [-0.05, 0) is 36.1 Å². The maximum absolute atomic E-state index is 6.18. The smallest absolute Gasteiger partial charge is 0.0595 e. The minimum absolute atomic E-state index is 0.321. The molecule has 0 aliphatic carbocycles. The lowest BCUT2D eigenvalue weighted by molar-refractivity contribution is 0.313. The van der Waals surface area contributed by atoms with E-state index in [-0.39, 0.29) is 0 Å². The Bertz CT molecular complexity index is 660. The quantitative estimate of drug-likeness (QED) is 0.748. The maximum atomic E-state index is 6.18. The van der Waals surface area contributed by atoms with Gasteiger partial charge in [0.25, 0.3) is 0 Å². The van der Waals surface area contributed by atoms with Crippen LogP contribution in [0, 0.1) is 0 Å². The van der Waals surface area contributed by atoms with Gasteiger partial charge in [-0.15, -0.1) is 0 Å². The SMILES string of the molecule is CCC(NC1CCN(Cc2ccccc2)C1)c1ccc(Cl)c(Cl)c1. The van der Waals surface area contributed by atoms with Crippen LogP contribution in [0.1, 0.15) is 36.9 Å². The first-order valence-electron chi connectivity index (χ1n) is 8.63. The summed E-state index contributed by atoms with van der Waals surface area (Å²) in [6, 6.07) is 17.5. The van der Waals surface area contributed by atoms with Crippen molar-refractivity contribution in [2.75, 3.05) is 13.1 Å². The average molecular weight is 363 g/mol. The third-order valence-corrected chi connectivity index (χ3v) is 5.45. The van der Waals surface area contributed by atoms with Gasteiger partial charge in [-0.3, -0.25) is 4.90 Å². The third kappa shape index (κ3) is 4.52. The van der Waals surface area contributed by atoms with Crippen LogP contribution in [0.4, 0.5) is 0 Å². The zero-order chi connectivity index (χ0) is 16.9. The van der Waals surface area contributed by atoms with E-state index in [0.29, 0.717) is 22.1 Å². The van der Waals surface area contributed by atoms with Crippen LogP contribution in [0.15, 0.2) is 48.5 Å². The minimum Gasteiger partial charge on any atom is -0.306 e. The van der Waals surface area contributed by atoms with E-state index in [1.165, 1.54) is 17.5 Å². The summed E-state index contributed by atoms with van der Waals surface area (Å²) in [4.78, 5) is 2.52. The molecule has 0 aromatic heterocycles. The second-order valence-electron chi connectivity index (χ2n) is 6.51. The van der Waals surface area contributed by atoms with Gasteiger partial charge in [0.15, 0.2) is 0 Å². The maximum Gasteiger partial charge on any atom is 0.0595 e. The Morgan fingerprint density at radius 3 is 2.62 bits per heavy atom. The number of hydrogen-bond acceptors (Lipinski definition) is 2. The molecule has 128 valence electrons. The van der Waals surface area contributed by atoms with Crippen LogP contribution >= 0.6 is 23.2 Å². The molecule has 0 amide bonds. The highest BCUT2D eigenvalue weighted by Gasteiger charge is 2.24. The Morgan fingerprint density at radius 2 is 1.92 bits per heavy atom. The van der Waals surface area contributed by atoms with Gasteiger partial charge in [-0.2, -0.15) is 0 Å². The van der Waals surface area contributed by atoms with Gasteiger partial charge in [0, 0.05) is 31.7 Å². The fourth-order valence-electron chi connectivity index (χ4n) is 3.42. The second-order valence-corrected chi connectivity index (χ2v) is 7.32.